The quantitative estimate of drug-likeness (QED) is 0.630. The summed E-state index contributed by atoms with van der Waals surface area (Å²) in [6, 6.07) is 2.07. The first-order chi connectivity index (χ1) is 8.40. The number of pyridine rings is 1. The second-order valence-corrected chi connectivity index (χ2v) is 4.78. The molecule has 0 N–H and O–H groups in total. The van der Waals surface area contributed by atoms with Crippen molar-refractivity contribution in [2.75, 3.05) is 11.9 Å². The second kappa shape index (κ2) is 5.78. The highest BCUT2D eigenvalue weighted by molar-refractivity contribution is 9.10. The zero-order chi connectivity index (χ0) is 13.9. The van der Waals surface area contributed by atoms with Crippen molar-refractivity contribution in [3.63, 3.8) is 0 Å². The molecule has 0 saturated carbocycles. The average Bonchev–Trinajstić information content (AvgIpc) is 2.31. The van der Waals surface area contributed by atoms with Gasteiger partial charge in [0, 0.05) is 18.7 Å². The Kier molecular flexibility index (Phi) is 4.62. The summed E-state index contributed by atoms with van der Waals surface area (Å²) in [4.78, 5) is 16.2. The molecule has 0 saturated heterocycles. The predicted molar refractivity (Wildman–Crippen MR) is 71.4 cm³/mol. The molecule has 0 aromatic carbocycles. The molecule has 0 amide bonds. The molecule has 1 aromatic rings. The fraction of sp³-hybridized carbons (Fsp3) is 0.455. The van der Waals surface area contributed by atoms with Crippen molar-refractivity contribution in [2.24, 2.45) is 0 Å². The van der Waals surface area contributed by atoms with Crippen molar-refractivity contribution in [1.29, 1.82) is 5.26 Å². The molecule has 0 aliphatic rings. The van der Waals surface area contributed by atoms with E-state index in [0.29, 0.717) is 22.3 Å². The molecule has 1 unspecified atom stereocenters. The lowest BCUT2D eigenvalue weighted by molar-refractivity contribution is -0.385. The summed E-state index contributed by atoms with van der Waals surface area (Å²) in [5.74, 6) is 0.598. The van der Waals surface area contributed by atoms with E-state index in [0.717, 1.165) is 0 Å². The first-order valence-corrected chi connectivity index (χ1v) is 6.08. The predicted octanol–water partition coefficient (Wildman–Crippen LogP) is 2.80. The van der Waals surface area contributed by atoms with E-state index in [-0.39, 0.29) is 11.7 Å². The van der Waals surface area contributed by atoms with E-state index in [4.69, 9.17) is 5.26 Å². The zero-order valence-electron chi connectivity index (χ0n) is 10.3. The SMILES string of the molecule is Cc1c([N+](=O)[O-])cnc(N(C)C(C)CC#N)c1Br. The Hall–Kier alpha value is -1.68. The maximum atomic E-state index is 10.8. The second-order valence-electron chi connectivity index (χ2n) is 3.99. The molecular weight excluding hydrogens is 300 g/mol. The lowest BCUT2D eigenvalue weighted by Gasteiger charge is -2.25. The minimum atomic E-state index is -0.463. The highest BCUT2D eigenvalue weighted by atomic mass is 79.9. The number of hydrogen-bond donors (Lipinski definition) is 0. The number of nitriles is 1. The molecule has 1 heterocycles. The largest absolute Gasteiger partial charge is 0.355 e. The summed E-state index contributed by atoms with van der Waals surface area (Å²) < 4.78 is 0.587. The van der Waals surface area contributed by atoms with E-state index in [2.05, 4.69) is 27.0 Å². The van der Waals surface area contributed by atoms with Crippen LogP contribution in [-0.4, -0.2) is 23.0 Å². The summed E-state index contributed by atoms with van der Waals surface area (Å²) in [6.45, 7) is 3.56. The topological polar surface area (TPSA) is 83.1 Å². The van der Waals surface area contributed by atoms with E-state index < -0.39 is 4.92 Å². The van der Waals surface area contributed by atoms with Gasteiger partial charge < -0.3 is 4.90 Å². The Morgan fingerprint density at radius 1 is 1.72 bits per heavy atom. The van der Waals surface area contributed by atoms with Gasteiger partial charge in [-0.1, -0.05) is 0 Å². The van der Waals surface area contributed by atoms with Crippen LogP contribution in [0.25, 0.3) is 0 Å². The van der Waals surface area contributed by atoms with Gasteiger partial charge in [-0.25, -0.2) is 4.98 Å². The molecule has 0 fully saturated rings. The molecule has 96 valence electrons. The number of nitro groups is 1. The van der Waals surface area contributed by atoms with Gasteiger partial charge in [0.1, 0.15) is 12.0 Å². The van der Waals surface area contributed by atoms with E-state index in [1.54, 1.807) is 14.0 Å². The molecule has 0 radical (unpaired) electrons. The van der Waals surface area contributed by atoms with Crippen molar-refractivity contribution in [1.82, 2.24) is 4.98 Å². The van der Waals surface area contributed by atoms with Crippen LogP contribution in [0.3, 0.4) is 0 Å². The van der Waals surface area contributed by atoms with Crippen molar-refractivity contribution >= 4 is 27.4 Å². The minimum absolute atomic E-state index is 0.0142. The van der Waals surface area contributed by atoms with E-state index in [1.807, 2.05) is 11.8 Å². The summed E-state index contributed by atoms with van der Waals surface area (Å²) >= 11 is 3.33. The molecule has 1 atom stereocenters. The van der Waals surface area contributed by atoms with E-state index in [1.165, 1.54) is 6.20 Å². The number of aromatic nitrogens is 1. The lowest BCUT2D eigenvalue weighted by Crippen LogP contribution is -2.29. The lowest BCUT2D eigenvalue weighted by atomic mass is 10.2. The third-order valence-corrected chi connectivity index (χ3v) is 3.75. The standard InChI is InChI=1S/C11H13BrN4O2/c1-7(4-5-13)15(3)11-10(12)8(2)9(6-14-11)16(17)18/h6-7H,4H2,1-3H3. The first-order valence-electron chi connectivity index (χ1n) is 5.29. The zero-order valence-corrected chi connectivity index (χ0v) is 11.9. The molecule has 0 aliphatic heterocycles. The van der Waals surface area contributed by atoms with Gasteiger partial charge >= 0.3 is 0 Å². The first kappa shape index (κ1) is 14.4. The number of anilines is 1. The molecule has 0 spiro atoms. The van der Waals surface area contributed by atoms with Crippen molar-refractivity contribution in [3.8, 4) is 6.07 Å². The van der Waals surface area contributed by atoms with Crippen LogP contribution in [0.15, 0.2) is 10.7 Å². The minimum Gasteiger partial charge on any atom is -0.355 e. The Morgan fingerprint density at radius 2 is 2.33 bits per heavy atom. The van der Waals surface area contributed by atoms with E-state index in [9.17, 15) is 10.1 Å². The fourth-order valence-electron chi connectivity index (χ4n) is 1.46. The van der Waals surface area contributed by atoms with Gasteiger partial charge in [-0.3, -0.25) is 10.1 Å². The van der Waals surface area contributed by atoms with Gasteiger partial charge in [-0.15, -0.1) is 0 Å². The van der Waals surface area contributed by atoms with Crippen LogP contribution in [0, 0.1) is 28.4 Å². The molecule has 7 heteroatoms. The summed E-state index contributed by atoms with van der Waals surface area (Å²) in [5, 5.41) is 19.5. The Labute approximate surface area is 114 Å². The molecule has 6 nitrogen and oxygen atoms in total. The van der Waals surface area contributed by atoms with Crippen LogP contribution >= 0.6 is 15.9 Å². The van der Waals surface area contributed by atoms with Gasteiger partial charge in [-0.2, -0.15) is 5.26 Å². The van der Waals surface area contributed by atoms with Crippen LogP contribution in [0.1, 0.15) is 18.9 Å². The van der Waals surface area contributed by atoms with Crippen LogP contribution in [0.4, 0.5) is 11.5 Å². The number of halogens is 1. The van der Waals surface area contributed by atoms with Gasteiger partial charge in [0.15, 0.2) is 0 Å². The molecule has 18 heavy (non-hydrogen) atoms. The third-order valence-electron chi connectivity index (χ3n) is 2.80. The van der Waals surface area contributed by atoms with Crippen molar-refractivity contribution in [2.45, 2.75) is 26.3 Å². The monoisotopic (exact) mass is 312 g/mol. The summed E-state index contributed by atoms with van der Waals surface area (Å²) in [5.41, 5.74) is 0.507. The maximum Gasteiger partial charge on any atom is 0.291 e. The number of nitrogens with zero attached hydrogens (tertiary/aromatic N) is 4. The maximum absolute atomic E-state index is 10.8. The summed E-state index contributed by atoms with van der Waals surface area (Å²) in [7, 11) is 1.81. The molecule has 0 aliphatic carbocycles. The van der Waals surface area contributed by atoms with Crippen LogP contribution in [0.2, 0.25) is 0 Å². The van der Waals surface area contributed by atoms with Gasteiger partial charge in [-0.05, 0) is 29.8 Å². The van der Waals surface area contributed by atoms with Gasteiger partial charge in [0.2, 0.25) is 0 Å². The smallest absolute Gasteiger partial charge is 0.291 e. The average molecular weight is 313 g/mol. The molecule has 0 bridgehead atoms. The molecular formula is C11H13BrN4O2. The van der Waals surface area contributed by atoms with E-state index >= 15 is 0 Å². The fourth-order valence-corrected chi connectivity index (χ4v) is 2.05. The van der Waals surface area contributed by atoms with Gasteiger partial charge in [0.25, 0.3) is 5.69 Å². The van der Waals surface area contributed by atoms with Crippen LogP contribution < -0.4 is 4.90 Å². The number of hydrogen-bond acceptors (Lipinski definition) is 5. The Balaban J connectivity index is 3.17. The van der Waals surface area contributed by atoms with Crippen molar-refractivity contribution < 1.29 is 4.92 Å². The Morgan fingerprint density at radius 3 is 2.83 bits per heavy atom. The highest BCUT2D eigenvalue weighted by Gasteiger charge is 2.21. The van der Waals surface area contributed by atoms with Crippen LogP contribution in [-0.2, 0) is 0 Å². The summed E-state index contributed by atoms with van der Waals surface area (Å²) in [6.07, 6.45) is 1.60. The highest BCUT2D eigenvalue weighted by Crippen LogP contribution is 2.33. The van der Waals surface area contributed by atoms with Crippen molar-refractivity contribution in [3.05, 3.63) is 26.3 Å². The van der Waals surface area contributed by atoms with Gasteiger partial charge in [0.05, 0.1) is 21.9 Å². The Bertz CT molecular complexity index is 513. The third kappa shape index (κ3) is 2.76. The molecule has 1 rings (SSSR count). The normalized spacial score (nSPS) is 11.7. The molecule has 1 aromatic heterocycles. The number of rotatable bonds is 4. The van der Waals surface area contributed by atoms with Crippen LogP contribution in [0.5, 0.6) is 0 Å².